The van der Waals surface area contributed by atoms with Gasteiger partial charge < -0.3 is 4.98 Å². The molecule has 0 fully saturated rings. The van der Waals surface area contributed by atoms with Crippen LogP contribution in [-0.2, 0) is 12.6 Å². The summed E-state index contributed by atoms with van der Waals surface area (Å²) in [6, 6.07) is 7.74. The van der Waals surface area contributed by atoms with Crippen molar-refractivity contribution in [3.8, 4) is 0 Å². The van der Waals surface area contributed by atoms with Crippen molar-refractivity contribution in [2.75, 3.05) is 0 Å². The van der Waals surface area contributed by atoms with Gasteiger partial charge >= 0.3 is 6.18 Å². The molecule has 1 N–H and O–H groups in total. The van der Waals surface area contributed by atoms with Crippen molar-refractivity contribution >= 4 is 34.1 Å². The van der Waals surface area contributed by atoms with Gasteiger partial charge in [0.15, 0.2) is 0 Å². The number of H-pyrrole nitrogens is 1. The van der Waals surface area contributed by atoms with Gasteiger partial charge in [-0.3, -0.25) is 0 Å². The molecule has 0 bridgehead atoms. The molecule has 0 saturated carbocycles. The second kappa shape index (κ2) is 6.01. The minimum Gasteiger partial charge on any atom is -0.358 e. The Morgan fingerprint density at radius 2 is 1.71 bits per heavy atom. The smallest absolute Gasteiger partial charge is 0.358 e. The van der Waals surface area contributed by atoms with Crippen molar-refractivity contribution in [2.24, 2.45) is 0 Å². The zero-order chi connectivity index (χ0) is 17.6. The molecule has 0 radical (unpaired) electrons. The van der Waals surface area contributed by atoms with Crippen LogP contribution >= 0.6 is 23.2 Å². The zero-order valence-electron chi connectivity index (χ0n) is 13.0. The van der Waals surface area contributed by atoms with Crippen LogP contribution in [0.2, 0.25) is 10.0 Å². The minimum atomic E-state index is -4.37. The van der Waals surface area contributed by atoms with E-state index in [1.165, 1.54) is 0 Å². The Hall–Kier alpha value is -1.65. The Labute approximate surface area is 147 Å². The molecule has 1 aromatic heterocycles. The number of halogens is 5. The van der Waals surface area contributed by atoms with E-state index in [1.54, 1.807) is 13.0 Å². The summed E-state index contributed by atoms with van der Waals surface area (Å²) < 4.78 is 38.9. The number of aryl methyl sites for hydroxylation is 2. The van der Waals surface area contributed by atoms with Crippen molar-refractivity contribution in [3.63, 3.8) is 0 Å². The van der Waals surface area contributed by atoms with Crippen molar-refractivity contribution < 1.29 is 13.2 Å². The normalized spacial score (nSPS) is 12.1. The summed E-state index contributed by atoms with van der Waals surface area (Å²) in [5, 5.41) is 1.88. The summed E-state index contributed by atoms with van der Waals surface area (Å²) in [6.45, 7) is 3.55. The molecule has 0 aliphatic rings. The maximum absolute atomic E-state index is 13.0. The number of benzene rings is 2. The van der Waals surface area contributed by atoms with Crippen LogP contribution in [0.15, 0.2) is 30.3 Å². The summed E-state index contributed by atoms with van der Waals surface area (Å²) in [4.78, 5) is 3.05. The predicted molar refractivity (Wildman–Crippen MR) is 92.0 cm³/mol. The monoisotopic (exact) mass is 371 g/mol. The first-order valence-corrected chi connectivity index (χ1v) is 8.05. The molecule has 0 saturated heterocycles. The Kier molecular flexibility index (Phi) is 4.30. The fourth-order valence-corrected chi connectivity index (χ4v) is 3.31. The molecule has 3 rings (SSSR count). The summed E-state index contributed by atoms with van der Waals surface area (Å²) in [5.74, 6) is 0. The second-order valence-electron chi connectivity index (χ2n) is 5.88. The Morgan fingerprint density at radius 1 is 1.00 bits per heavy atom. The molecule has 0 spiro atoms. The van der Waals surface area contributed by atoms with E-state index in [0.29, 0.717) is 27.5 Å². The highest BCUT2D eigenvalue weighted by Crippen LogP contribution is 2.34. The molecule has 3 aromatic rings. The van der Waals surface area contributed by atoms with Gasteiger partial charge in [0.25, 0.3) is 0 Å². The van der Waals surface area contributed by atoms with E-state index in [9.17, 15) is 13.2 Å². The van der Waals surface area contributed by atoms with E-state index < -0.39 is 11.7 Å². The van der Waals surface area contributed by atoms with Gasteiger partial charge in [0.05, 0.1) is 5.56 Å². The lowest BCUT2D eigenvalue weighted by atomic mass is 10.0. The topological polar surface area (TPSA) is 15.8 Å². The summed E-state index contributed by atoms with van der Waals surface area (Å²) in [7, 11) is 0. The van der Waals surface area contributed by atoms with Gasteiger partial charge in [0, 0.05) is 33.1 Å². The molecule has 1 heterocycles. The number of hydrogen-bond donors (Lipinski definition) is 1. The van der Waals surface area contributed by atoms with E-state index in [0.717, 1.165) is 34.3 Å². The summed E-state index contributed by atoms with van der Waals surface area (Å²) in [6.07, 6.45) is -3.94. The third-order valence-corrected chi connectivity index (χ3v) is 4.95. The van der Waals surface area contributed by atoms with Gasteiger partial charge in [-0.05, 0) is 54.8 Å². The molecule has 0 unspecified atom stereocenters. The maximum Gasteiger partial charge on any atom is 0.416 e. The molecule has 126 valence electrons. The molecular formula is C18H14Cl2F3N. The van der Waals surface area contributed by atoms with Gasteiger partial charge in [-0.25, -0.2) is 0 Å². The average Bonchev–Trinajstić information content (AvgIpc) is 2.90. The van der Waals surface area contributed by atoms with Crippen LogP contribution in [0.25, 0.3) is 10.9 Å². The van der Waals surface area contributed by atoms with Crippen molar-refractivity contribution in [2.45, 2.75) is 26.4 Å². The number of aromatic nitrogens is 1. The summed E-state index contributed by atoms with van der Waals surface area (Å²) >= 11 is 12.5. The van der Waals surface area contributed by atoms with E-state index in [4.69, 9.17) is 23.2 Å². The molecule has 24 heavy (non-hydrogen) atoms. The van der Waals surface area contributed by atoms with Gasteiger partial charge in [0.1, 0.15) is 0 Å². The first-order valence-electron chi connectivity index (χ1n) is 7.29. The van der Waals surface area contributed by atoms with E-state index in [1.807, 2.05) is 19.1 Å². The highest BCUT2D eigenvalue weighted by Gasteiger charge is 2.31. The van der Waals surface area contributed by atoms with Crippen LogP contribution in [0.4, 0.5) is 13.2 Å². The lowest BCUT2D eigenvalue weighted by molar-refractivity contribution is -0.137. The highest BCUT2D eigenvalue weighted by atomic mass is 35.5. The largest absolute Gasteiger partial charge is 0.416 e. The lowest BCUT2D eigenvalue weighted by Crippen LogP contribution is -2.04. The highest BCUT2D eigenvalue weighted by molar-refractivity contribution is 6.36. The fraction of sp³-hybridized carbons (Fsp3) is 0.222. The van der Waals surface area contributed by atoms with Crippen molar-refractivity contribution in [3.05, 3.63) is 68.3 Å². The number of alkyl halides is 3. The van der Waals surface area contributed by atoms with Crippen LogP contribution in [0.1, 0.15) is 27.9 Å². The van der Waals surface area contributed by atoms with Gasteiger partial charge in [-0.1, -0.05) is 29.3 Å². The fourth-order valence-electron chi connectivity index (χ4n) is 2.80. The van der Waals surface area contributed by atoms with Crippen LogP contribution in [0.5, 0.6) is 0 Å². The third kappa shape index (κ3) is 3.13. The van der Waals surface area contributed by atoms with Crippen molar-refractivity contribution in [1.82, 2.24) is 4.98 Å². The van der Waals surface area contributed by atoms with Crippen LogP contribution in [0.3, 0.4) is 0 Å². The van der Waals surface area contributed by atoms with Gasteiger partial charge in [-0.2, -0.15) is 13.2 Å². The molecular weight excluding hydrogens is 358 g/mol. The molecule has 1 nitrogen and oxygen atoms in total. The standard InChI is InChI=1S/C18H14Cl2F3N/c1-9-3-4-15(19)14(17(9)20)8-12-7-13-10(2)5-11(18(21,22)23)6-16(13)24-12/h3-7,24H,8H2,1-2H3. The molecule has 0 aliphatic heterocycles. The number of hydrogen-bond acceptors (Lipinski definition) is 0. The molecule has 0 aliphatic carbocycles. The molecule has 0 amide bonds. The molecule has 2 aromatic carbocycles. The molecule has 6 heteroatoms. The van der Waals surface area contributed by atoms with Crippen LogP contribution < -0.4 is 0 Å². The van der Waals surface area contributed by atoms with Crippen molar-refractivity contribution in [1.29, 1.82) is 0 Å². The van der Waals surface area contributed by atoms with E-state index >= 15 is 0 Å². The Morgan fingerprint density at radius 3 is 2.38 bits per heavy atom. The first-order chi connectivity index (χ1) is 11.2. The van der Waals surface area contributed by atoms with E-state index in [2.05, 4.69) is 4.98 Å². The van der Waals surface area contributed by atoms with E-state index in [-0.39, 0.29) is 0 Å². The Bertz CT molecular complexity index is 926. The average molecular weight is 372 g/mol. The maximum atomic E-state index is 13.0. The number of nitrogens with one attached hydrogen (secondary N) is 1. The number of fused-ring (bicyclic) bond motifs is 1. The Balaban J connectivity index is 2.07. The predicted octanol–water partition coefficient (Wildman–Crippen LogP) is 6.70. The quantitative estimate of drug-likeness (QED) is 0.515. The number of aromatic amines is 1. The zero-order valence-corrected chi connectivity index (χ0v) is 14.5. The third-order valence-electron chi connectivity index (χ3n) is 4.07. The van der Waals surface area contributed by atoms with Gasteiger partial charge in [0.2, 0.25) is 0 Å². The summed E-state index contributed by atoms with van der Waals surface area (Å²) in [5.41, 5.74) is 2.80. The number of rotatable bonds is 2. The second-order valence-corrected chi connectivity index (χ2v) is 6.67. The molecule has 0 atom stereocenters. The first kappa shape index (κ1) is 17.2. The van der Waals surface area contributed by atoms with Gasteiger partial charge in [-0.15, -0.1) is 0 Å². The lowest BCUT2D eigenvalue weighted by Gasteiger charge is -2.08. The van der Waals surface area contributed by atoms with Crippen LogP contribution in [0, 0.1) is 13.8 Å². The van der Waals surface area contributed by atoms with Crippen LogP contribution in [-0.4, -0.2) is 4.98 Å². The SMILES string of the molecule is Cc1ccc(Cl)c(Cc2cc3c(C)cc(C(F)(F)F)cc3[nH]2)c1Cl. The minimum absolute atomic E-state index is 0.425.